The second kappa shape index (κ2) is 8.80. The van der Waals surface area contributed by atoms with E-state index in [0.29, 0.717) is 0 Å². The molecule has 0 atom stereocenters. The number of rotatable bonds is 4. The number of hydrogen-bond acceptors (Lipinski definition) is 3. The van der Waals surface area contributed by atoms with Crippen LogP contribution in [0.5, 0.6) is 0 Å². The number of halogens is 4. The molecule has 1 aromatic carbocycles. The smallest absolute Gasteiger partial charge is 0.418 e. The lowest BCUT2D eigenvalue weighted by molar-refractivity contribution is -0.458. The minimum atomic E-state index is -6.00. The maximum absolute atomic E-state index is 10.5. The molecule has 0 amide bonds. The van der Waals surface area contributed by atoms with Crippen molar-refractivity contribution in [2.24, 2.45) is 0 Å². The SMILES string of the molecule is CNC=C(C=[N+](C)C)c1ccc([N+](=O)[O-])cc1.F[B-](F)(F)F. The molecule has 0 aliphatic heterocycles. The lowest BCUT2D eigenvalue weighted by Crippen LogP contribution is -2.04. The van der Waals surface area contributed by atoms with Crippen molar-refractivity contribution in [2.45, 2.75) is 0 Å². The third-order valence-electron chi connectivity index (χ3n) is 2.11. The normalized spacial score (nSPS) is 11.1. The van der Waals surface area contributed by atoms with Crippen molar-refractivity contribution in [2.75, 3.05) is 21.1 Å². The Labute approximate surface area is 125 Å². The standard InChI is InChI=1S/C12H15N3O2.BF4/c1-13-8-11(9-14(2)3)10-4-6-12(7-5-10)15(16)17;2-1(3,4)5/h4-9H,1-3H3;/q;-1/p+1. The molecule has 0 unspecified atom stereocenters. The molecule has 0 aliphatic rings. The lowest BCUT2D eigenvalue weighted by atomic mass is 10.1. The van der Waals surface area contributed by atoms with Gasteiger partial charge in [0.25, 0.3) is 5.69 Å². The Hall–Kier alpha value is -2.39. The molecule has 1 aromatic rings. The van der Waals surface area contributed by atoms with Gasteiger partial charge in [-0.05, 0) is 17.7 Å². The average molecular weight is 321 g/mol. The molecule has 0 aliphatic carbocycles. The van der Waals surface area contributed by atoms with Gasteiger partial charge < -0.3 is 22.6 Å². The first-order valence-corrected chi connectivity index (χ1v) is 6.05. The quantitative estimate of drug-likeness (QED) is 0.232. The Bertz CT molecular complexity index is 546. The van der Waals surface area contributed by atoms with E-state index in [1.54, 1.807) is 12.1 Å². The molecule has 1 rings (SSSR count). The summed E-state index contributed by atoms with van der Waals surface area (Å²) in [5.74, 6) is 0. The summed E-state index contributed by atoms with van der Waals surface area (Å²) < 4.78 is 40.9. The van der Waals surface area contributed by atoms with Gasteiger partial charge >= 0.3 is 7.25 Å². The van der Waals surface area contributed by atoms with E-state index in [0.717, 1.165) is 11.1 Å². The van der Waals surface area contributed by atoms with E-state index in [1.807, 2.05) is 38.1 Å². The minimum absolute atomic E-state index is 0.0995. The Morgan fingerprint density at radius 1 is 1.18 bits per heavy atom. The number of non-ortho nitro benzene ring substituents is 1. The van der Waals surface area contributed by atoms with Crippen molar-refractivity contribution >= 4 is 24.7 Å². The maximum atomic E-state index is 10.5. The van der Waals surface area contributed by atoms with Crippen LogP contribution in [-0.2, 0) is 0 Å². The van der Waals surface area contributed by atoms with Gasteiger partial charge in [-0.2, -0.15) is 0 Å². The van der Waals surface area contributed by atoms with E-state index >= 15 is 0 Å². The summed E-state index contributed by atoms with van der Waals surface area (Å²) in [5, 5.41) is 13.5. The van der Waals surface area contributed by atoms with Gasteiger partial charge in [-0.15, -0.1) is 0 Å². The fraction of sp³-hybridized carbons (Fsp3) is 0.250. The van der Waals surface area contributed by atoms with Crippen molar-refractivity contribution in [3.8, 4) is 0 Å². The summed E-state index contributed by atoms with van der Waals surface area (Å²) >= 11 is 0. The highest BCUT2D eigenvalue weighted by molar-refractivity contribution is 6.50. The molecule has 0 heterocycles. The first kappa shape index (κ1) is 19.6. The molecular formula is C12H16BF4N3O2. The van der Waals surface area contributed by atoms with Crippen molar-refractivity contribution in [3.05, 3.63) is 46.1 Å². The summed E-state index contributed by atoms with van der Waals surface area (Å²) in [6, 6.07) is 6.48. The first-order chi connectivity index (χ1) is 10.0. The third kappa shape index (κ3) is 9.51. The Balaban J connectivity index is 0.000000763. The first-order valence-electron chi connectivity index (χ1n) is 6.05. The summed E-state index contributed by atoms with van der Waals surface area (Å²) in [7, 11) is -0.335. The van der Waals surface area contributed by atoms with E-state index in [9.17, 15) is 27.4 Å². The number of nitro groups is 1. The molecule has 0 saturated carbocycles. The number of allylic oxidation sites excluding steroid dienone is 1. The zero-order valence-corrected chi connectivity index (χ0v) is 12.3. The lowest BCUT2D eigenvalue weighted by Gasteiger charge is -2.01. The van der Waals surface area contributed by atoms with Crippen molar-refractivity contribution in [1.29, 1.82) is 0 Å². The predicted molar refractivity (Wildman–Crippen MR) is 78.5 cm³/mol. The van der Waals surface area contributed by atoms with Gasteiger partial charge in [0.2, 0.25) is 0 Å². The van der Waals surface area contributed by atoms with Crippen molar-refractivity contribution in [1.82, 2.24) is 5.32 Å². The molecule has 0 fully saturated rings. The van der Waals surface area contributed by atoms with Gasteiger partial charge in [-0.25, -0.2) is 4.58 Å². The van der Waals surface area contributed by atoms with Gasteiger partial charge in [0.15, 0.2) is 6.21 Å². The van der Waals surface area contributed by atoms with Gasteiger partial charge in [-0.1, -0.05) is 0 Å². The van der Waals surface area contributed by atoms with Crippen LogP contribution >= 0.6 is 0 Å². The minimum Gasteiger partial charge on any atom is -0.418 e. The number of hydrogen-bond donors (Lipinski definition) is 1. The van der Waals surface area contributed by atoms with Gasteiger partial charge in [0.05, 0.1) is 10.5 Å². The van der Waals surface area contributed by atoms with Gasteiger partial charge in [-0.3, -0.25) is 10.1 Å². The fourth-order valence-electron chi connectivity index (χ4n) is 1.40. The number of nitro benzene ring substituents is 1. The largest absolute Gasteiger partial charge is 0.673 e. The molecule has 0 saturated heterocycles. The second-order valence-electron chi connectivity index (χ2n) is 4.28. The number of benzene rings is 1. The zero-order chi connectivity index (χ0) is 17.3. The molecule has 0 radical (unpaired) electrons. The van der Waals surface area contributed by atoms with E-state index in [2.05, 4.69) is 5.32 Å². The molecule has 122 valence electrons. The van der Waals surface area contributed by atoms with Crippen LogP contribution in [0.3, 0.4) is 0 Å². The van der Waals surface area contributed by atoms with Crippen LogP contribution in [0.1, 0.15) is 5.56 Å². The molecule has 10 heteroatoms. The highest BCUT2D eigenvalue weighted by Crippen LogP contribution is 2.17. The van der Waals surface area contributed by atoms with Gasteiger partial charge in [0.1, 0.15) is 14.1 Å². The van der Waals surface area contributed by atoms with Crippen LogP contribution < -0.4 is 5.32 Å². The topological polar surface area (TPSA) is 58.2 Å². The van der Waals surface area contributed by atoms with Crippen LogP contribution in [-0.4, -0.2) is 44.1 Å². The van der Waals surface area contributed by atoms with Crippen LogP contribution in [0, 0.1) is 10.1 Å². The van der Waals surface area contributed by atoms with Crippen LogP contribution in [0.4, 0.5) is 23.0 Å². The fourth-order valence-corrected chi connectivity index (χ4v) is 1.40. The highest BCUT2D eigenvalue weighted by atomic mass is 19.5. The maximum Gasteiger partial charge on any atom is 0.673 e. The Kier molecular flexibility index (Phi) is 7.85. The molecule has 0 spiro atoms. The summed E-state index contributed by atoms with van der Waals surface area (Å²) in [4.78, 5) is 10.1. The van der Waals surface area contributed by atoms with Crippen LogP contribution in [0.2, 0.25) is 0 Å². The van der Waals surface area contributed by atoms with Crippen LogP contribution in [0.25, 0.3) is 5.57 Å². The van der Waals surface area contributed by atoms with E-state index in [-0.39, 0.29) is 5.69 Å². The summed E-state index contributed by atoms with van der Waals surface area (Å²) in [6.07, 6.45) is 3.79. The third-order valence-corrected chi connectivity index (χ3v) is 2.11. The monoisotopic (exact) mass is 321 g/mol. The highest BCUT2D eigenvalue weighted by Gasteiger charge is 2.20. The zero-order valence-electron chi connectivity index (χ0n) is 12.3. The van der Waals surface area contributed by atoms with E-state index in [1.165, 1.54) is 12.1 Å². The van der Waals surface area contributed by atoms with Crippen molar-refractivity contribution in [3.63, 3.8) is 0 Å². The number of nitrogens with zero attached hydrogens (tertiary/aromatic N) is 2. The molecule has 22 heavy (non-hydrogen) atoms. The molecule has 1 N–H and O–H groups in total. The average Bonchev–Trinajstić information content (AvgIpc) is 2.36. The van der Waals surface area contributed by atoms with E-state index in [4.69, 9.17) is 0 Å². The summed E-state index contributed by atoms with van der Waals surface area (Å²) in [5.41, 5.74) is 1.99. The van der Waals surface area contributed by atoms with Crippen molar-refractivity contribution < 1.29 is 26.8 Å². The van der Waals surface area contributed by atoms with Gasteiger partial charge in [0, 0.05) is 25.4 Å². The predicted octanol–water partition coefficient (Wildman–Crippen LogP) is 2.80. The molecule has 0 aromatic heterocycles. The number of nitrogens with one attached hydrogen (secondary N) is 1. The molecule has 5 nitrogen and oxygen atoms in total. The molecular weight excluding hydrogens is 305 g/mol. The summed E-state index contributed by atoms with van der Waals surface area (Å²) in [6.45, 7) is 0. The van der Waals surface area contributed by atoms with E-state index < -0.39 is 12.2 Å². The molecule has 0 bridgehead atoms. The second-order valence-corrected chi connectivity index (χ2v) is 4.28. The van der Waals surface area contributed by atoms with Crippen LogP contribution in [0.15, 0.2) is 30.5 Å². The Morgan fingerprint density at radius 3 is 1.95 bits per heavy atom. The Morgan fingerprint density at radius 2 is 1.64 bits per heavy atom.